The number of nitrogens with two attached hydrogens (primary N) is 1. The van der Waals surface area contributed by atoms with Crippen LogP contribution in [0.4, 0.5) is 0 Å². The first kappa shape index (κ1) is 14.0. The lowest BCUT2D eigenvalue weighted by Crippen LogP contribution is -2.51. The fraction of sp³-hybridized carbons (Fsp3) is 0.750. The fourth-order valence-corrected chi connectivity index (χ4v) is 2.49. The maximum atomic E-state index is 12.2. The summed E-state index contributed by atoms with van der Waals surface area (Å²) in [4.78, 5) is 14.1. The van der Waals surface area contributed by atoms with Gasteiger partial charge in [-0.2, -0.15) is 0 Å². The molecule has 19 heavy (non-hydrogen) atoms. The number of carbonyl (C=O) groups is 1. The van der Waals surface area contributed by atoms with Gasteiger partial charge in [0.05, 0.1) is 18.8 Å². The zero-order chi connectivity index (χ0) is 13.7. The van der Waals surface area contributed by atoms with Gasteiger partial charge in [-0.25, -0.2) is 0 Å². The molecule has 106 valence electrons. The van der Waals surface area contributed by atoms with Crippen molar-refractivity contribution in [2.24, 2.45) is 5.73 Å². The van der Waals surface area contributed by atoms with E-state index in [9.17, 15) is 4.79 Å². The Labute approximate surface area is 112 Å². The van der Waals surface area contributed by atoms with Crippen LogP contribution in [-0.4, -0.2) is 58.1 Å². The van der Waals surface area contributed by atoms with Crippen molar-refractivity contribution in [3.8, 4) is 0 Å². The van der Waals surface area contributed by atoms with Gasteiger partial charge in [-0.15, -0.1) is 5.10 Å². The van der Waals surface area contributed by atoms with Crippen LogP contribution in [0, 0.1) is 0 Å². The number of amides is 1. The van der Waals surface area contributed by atoms with Gasteiger partial charge in [0.15, 0.2) is 0 Å². The van der Waals surface area contributed by atoms with Crippen LogP contribution in [-0.2, 0) is 16.1 Å². The standard InChI is InChI=1S/C12H21N5O2/c1-19-11-2-6-17(10(8-11)9-13)12(18)3-5-16-7-4-14-15-16/h4,7,10-11H,2-3,5-6,8-9,13H2,1H3. The number of ether oxygens (including phenoxy) is 1. The Hall–Kier alpha value is -1.47. The quantitative estimate of drug-likeness (QED) is 0.787. The van der Waals surface area contributed by atoms with Crippen LogP contribution in [0.3, 0.4) is 0 Å². The highest BCUT2D eigenvalue weighted by Crippen LogP contribution is 2.20. The number of hydrogen-bond donors (Lipinski definition) is 1. The largest absolute Gasteiger partial charge is 0.381 e. The highest BCUT2D eigenvalue weighted by Gasteiger charge is 2.30. The molecule has 0 radical (unpaired) electrons. The van der Waals surface area contributed by atoms with Gasteiger partial charge in [0.1, 0.15) is 0 Å². The van der Waals surface area contributed by atoms with E-state index >= 15 is 0 Å². The van der Waals surface area contributed by atoms with Crippen molar-refractivity contribution in [1.29, 1.82) is 0 Å². The molecule has 7 heteroatoms. The van der Waals surface area contributed by atoms with Crippen LogP contribution in [0.1, 0.15) is 19.3 Å². The third-order valence-electron chi connectivity index (χ3n) is 3.62. The summed E-state index contributed by atoms with van der Waals surface area (Å²) in [6, 6.07) is 0.0851. The lowest BCUT2D eigenvalue weighted by atomic mass is 9.99. The molecule has 1 amide bonds. The number of methoxy groups -OCH3 is 1. The molecular weight excluding hydrogens is 246 g/mol. The van der Waals surface area contributed by atoms with Crippen LogP contribution < -0.4 is 5.73 Å². The fourth-order valence-electron chi connectivity index (χ4n) is 2.49. The predicted molar refractivity (Wildman–Crippen MR) is 69.2 cm³/mol. The second-order valence-corrected chi connectivity index (χ2v) is 4.77. The van der Waals surface area contributed by atoms with Gasteiger partial charge in [0.2, 0.25) is 5.91 Å². The van der Waals surface area contributed by atoms with Crippen molar-refractivity contribution >= 4 is 5.91 Å². The molecule has 1 saturated heterocycles. The summed E-state index contributed by atoms with van der Waals surface area (Å²) in [5.41, 5.74) is 5.76. The molecule has 1 aliphatic heterocycles. The van der Waals surface area contributed by atoms with E-state index in [1.807, 2.05) is 4.90 Å². The van der Waals surface area contributed by atoms with Gasteiger partial charge >= 0.3 is 0 Å². The molecule has 2 heterocycles. The third kappa shape index (κ3) is 3.51. The molecule has 2 rings (SSSR count). The Morgan fingerprint density at radius 3 is 3.05 bits per heavy atom. The van der Waals surface area contributed by atoms with Crippen molar-refractivity contribution in [2.45, 2.75) is 38.0 Å². The molecular formula is C12H21N5O2. The molecule has 7 nitrogen and oxygen atoms in total. The minimum atomic E-state index is 0.0851. The second kappa shape index (κ2) is 6.63. The van der Waals surface area contributed by atoms with Crippen molar-refractivity contribution in [2.75, 3.05) is 20.2 Å². The van der Waals surface area contributed by atoms with Crippen LogP contribution in [0.15, 0.2) is 12.4 Å². The molecule has 2 unspecified atom stereocenters. The van der Waals surface area contributed by atoms with Gasteiger partial charge in [-0.05, 0) is 12.8 Å². The minimum absolute atomic E-state index is 0.0851. The molecule has 0 spiro atoms. The van der Waals surface area contributed by atoms with Crippen LogP contribution in [0.2, 0.25) is 0 Å². The second-order valence-electron chi connectivity index (χ2n) is 4.77. The highest BCUT2D eigenvalue weighted by molar-refractivity contribution is 5.76. The average Bonchev–Trinajstić information content (AvgIpc) is 2.97. The van der Waals surface area contributed by atoms with E-state index in [0.717, 1.165) is 19.4 Å². The predicted octanol–water partition coefficient (Wildman–Crippen LogP) is -0.367. The Morgan fingerprint density at radius 2 is 2.42 bits per heavy atom. The number of likely N-dealkylation sites (tertiary alicyclic amines) is 1. The van der Waals surface area contributed by atoms with Crippen molar-refractivity contribution in [3.05, 3.63) is 12.4 Å². The zero-order valence-corrected chi connectivity index (χ0v) is 11.2. The molecule has 1 aromatic rings. The summed E-state index contributed by atoms with van der Waals surface area (Å²) >= 11 is 0. The van der Waals surface area contributed by atoms with E-state index < -0.39 is 0 Å². The van der Waals surface area contributed by atoms with Crippen molar-refractivity contribution in [1.82, 2.24) is 19.9 Å². The van der Waals surface area contributed by atoms with E-state index in [1.165, 1.54) is 0 Å². The molecule has 2 N–H and O–H groups in total. The smallest absolute Gasteiger partial charge is 0.224 e. The topological polar surface area (TPSA) is 86.3 Å². The van der Waals surface area contributed by atoms with Crippen molar-refractivity contribution < 1.29 is 9.53 Å². The summed E-state index contributed by atoms with van der Waals surface area (Å²) in [5.74, 6) is 0.125. The summed E-state index contributed by atoms with van der Waals surface area (Å²) < 4.78 is 7.02. The van der Waals surface area contributed by atoms with E-state index in [4.69, 9.17) is 10.5 Å². The number of carbonyl (C=O) groups excluding carboxylic acids is 1. The minimum Gasteiger partial charge on any atom is -0.381 e. The van der Waals surface area contributed by atoms with Gasteiger partial charge in [0, 0.05) is 38.9 Å². The van der Waals surface area contributed by atoms with Crippen LogP contribution >= 0.6 is 0 Å². The number of nitrogens with zero attached hydrogens (tertiary/aromatic N) is 4. The number of aromatic nitrogens is 3. The zero-order valence-electron chi connectivity index (χ0n) is 11.2. The number of hydrogen-bond acceptors (Lipinski definition) is 5. The summed E-state index contributed by atoms with van der Waals surface area (Å²) in [7, 11) is 1.71. The third-order valence-corrected chi connectivity index (χ3v) is 3.62. The maximum Gasteiger partial charge on any atom is 0.224 e. The van der Waals surface area contributed by atoms with Gasteiger partial charge in [-0.3, -0.25) is 9.48 Å². The van der Waals surface area contributed by atoms with Crippen LogP contribution in [0.5, 0.6) is 0 Å². The van der Waals surface area contributed by atoms with E-state index in [2.05, 4.69) is 10.3 Å². The number of rotatable bonds is 5. The average molecular weight is 267 g/mol. The van der Waals surface area contributed by atoms with E-state index in [1.54, 1.807) is 24.2 Å². The maximum absolute atomic E-state index is 12.2. The van der Waals surface area contributed by atoms with Crippen molar-refractivity contribution in [3.63, 3.8) is 0 Å². The molecule has 0 aliphatic carbocycles. The first-order chi connectivity index (χ1) is 9.24. The highest BCUT2D eigenvalue weighted by atomic mass is 16.5. The molecule has 2 atom stereocenters. The Kier molecular flexibility index (Phi) is 4.86. The van der Waals surface area contributed by atoms with Gasteiger partial charge < -0.3 is 15.4 Å². The normalized spacial score (nSPS) is 23.6. The molecule has 1 fully saturated rings. The summed E-state index contributed by atoms with van der Waals surface area (Å²) in [6.07, 6.45) is 5.71. The van der Waals surface area contributed by atoms with Gasteiger partial charge in [-0.1, -0.05) is 5.21 Å². The molecule has 1 aliphatic rings. The lowest BCUT2D eigenvalue weighted by Gasteiger charge is -2.38. The van der Waals surface area contributed by atoms with Crippen LogP contribution in [0.25, 0.3) is 0 Å². The SMILES string of the molecule is COC1CCN(C(=O)CCn2ccnn2)C(CN)C1. The first-order valence-electron chi connectivity index (χ1n) is 6.61. The first-order valence-corrected chi connectivity index (χ1v) is 6.61. The lowest BCUT2D eigenvalue weighted by molar-refractivity contribution is -0.137. The summed E-state index contributed by atoms with van der Waals surface area (Å²) in [5, 5.41) is 7.57. The number of aryl methyl sites for hydroxylation is 1. The monoisotopic (exact) mass is 267 g/mol. The number of piperidine rings is 1. The van der Waals surface area contributed by atoms with E-state index in [0.29, 0.717) is 19.5 Å². The Morgan fingerprint density at radius 1 is 1.58 bits per heavy atom. The molecule has 0 aromatic carbocycles. The molecule has 0 bridgehead atoms. The summed E-state index contributed by atoms with van der Waals surface area (Å²) in [6.45, 7) is 1.76. The Balaban J connectivity index is 1.87. The van der Waals surface area contributed by atoms with Gasteiger partial charge in [0.25, 0.3) is 0 Å². The molecule has 0 saturated carbocycles. The Bertz CT molecular complexity index is 395. The van der Waals surface area contributed by atoms with E-state index in [-0.39, 0.29) is 18.1 Å². The molecule has 1 aromatic heterocycles.